The van der Waals surface area contributed by atoms with Crippen molar-refractivity contribution in [2.75, 3.05) is 0 Å². The molecule has 2 atom stereocenters. The number of hydrogen-bond donors (Lipinski definition) is 1. The molecule has 0 saturated heterocycles. The second kappa shape index (κ2) is 4.84. The number of nitrogens with zero attached hydrogens (tertiary/aromatic N) is 1. The third kappa shape index (κ3) is 2.32. The standard InChI is InChI=1S/C15H19NO/c1-10(2)11(3)15(17)13-6-4-8-14-12(13)7-5-9-16-14/h4-11,15,17H,1-3H3. The molecule has 2 aromatic rings. The molecular weight excluding hydrogens is 210 g/mol. The van der Waals surface area contributed by atoms with Crippen LogP contribution in [0.15, 0.2) is 36.5 Å². The highest BCUT2D eigenvalue weighted by atomic mass is 16.3. The van der Waals surface area contributed by atoms with E-state index in [1.165, 1.54) is 0 Å². The molecular formula is C15H19NO. The van der Waals surface area contributed by atoms with Gasteiger partial charge in [0.1, 0.15) is 0 Å². The quantitative estimate of drug-likeness (QED) is 0.873. The van der Waals surface area contributed by atoms with Crippen LogP contribution < -0.4 is 0 Å². The van der Waals surface area contributed by atoms with E-state index in [4.69, 9.17) is 0 Å². The first-order valence-corrected chi connectivity index (χ1v) is 6.13. The number of rotatable bonds is 3. The Morgan fingerprint density at radius 1 is 1.06 bits per heavy atom. The molecule has 2 unspecified atom stereocenters. The average molecular weight is 229 g/mol. The molecule has 0 amide bonds. The zero-order valence-corrected chi connectivity index (χ0v) is 10.6. The summed E-state index contributed by atoms with van der Waals surface area (Å²) >= 11 is 0. The average Bonchev–Trinajstić information content (AvgIpc) is 2.36. The summed E-state index contributed by atoms with van der Waals surface area (Å²) in [4.78, 5) is 4.32. The van der Waals surface area contributed by atoms with E-state index in [0.29, 0.717) is 5.92 Å². The molecule has 90 valence electrons. The van der Waals surface area contributed by atoms with Crippen LogP contribution in [0.3, 0.4) is 0 Å². The Hall–Kier alpha value is -1.41. The van der Waals surface area contributed by atoms with Gasteiger partial charge in [0.2, 0.25) is 0 Å². The van der Waals surface area contributed by atoms with Gasteiger partial charge >= 0.3 is 0 Å². The first kappa shape index (κ1) is 12.1. The van der Waals surface area contributed by atoms with Crippen molar-refractivity contribution in [2.45, 2.75) is 26.9 Å². The SMILES string of the molecule is CC(C)C(C)C(O)c1cccc2ncccc12. The first-order chi connectivity index (χ1) is 8.11. The highest BCUT2D eigenvalue weighted by molar-refractivity contribution is 5.82. The highest BCUT2D eigenvalue weighted by Crippen LogP contribution is 2.31. The summed E-state index contributed by atoms with van der Waals surface area (Å²) in [6.45, 7) is 6.36. The molecule has 0 aliphatic rings. The van der Waals surface area contributed by atoms with E-state index in [-0.39, 0.29) is 5.92 Å². The molecule has 2 rings (SSSR count). The summed E-state index contributed by atoms with van der Waals surface area (Å²) in [5, 5.41) is 11.5. The molecule has 1 N–H and O–H groups in total. The largest absolute Gasteiger partial charge is 0.388 e. The van der Waals surface area contributed by atoms with Gasteiger partial charge in [-0.15, -0.1) is 0 Å². The van der Waals surface area contributed by atoms with Crippen molar-refractivity contribution in [2.24, 2.45) is 11.8 Å². The molecule has 1 aromatic carbocycles. The third-order valence-corrected chi connectivity index (χ3v) is 3.55. The maximum atomic E-state index is 10.4. The van der Waals surface area contributed by atoms with E-state index in [0.717, 1.165) is 16.5 Å². The summed E-state index contributed by atoms with van der Waals surface area (Å²) in [6.07, 6.45) is 1.35. The van der Waals surface area contributed by atoms with Gasteiger partial charge in [-0.3, -0.25) is 4.98 Å². The van der Waals surface area contributed by atoms with Crippen molar-refractivity contribution in [3.05, 3.63) is 42.1 Å². The molecule has 0 saturated carbocycles. The van der Waals surface area contributed by atoms with Gasteiger partial charge in [0.25, 0.3) is 0 Å². The number of fused-ring (bicyclic) bond motifs is 1. The molecule has 17 heavy (non-hydrogen) atoms. The van der Waals surface area contributed by atoms with E-state index in [9.17, 15) is 5.11 Å². The molecule has 1 heterocycles. The Morgan fingerprint density at radius 2 is 1.82 bits per heavy atom. The van der Waals surface area contributed by atoms with E-state index < -0.39 is 6.10 Å². The van der Waals surface area contributed by atoms with Crippen LogP contribution in [0.1, 0.15) is 32.4 Å². The monoisotopic (exact) mass is 229 g/mol. The maximum absolute atomic E-state index is 10.4. The summed E-state index contributed by atoms with van der Waals surface area (Å²) in [5.41, 5.74) is 1.93. The van der Waals surface area contributed by atoms with Gasteiger partial charge in [-0.1, -0.05) is 39.0 Å². The minimum atomic E-state index is -0.428. The molecule has 0 spiro atoms. The van der Waals surface area contributed by atoms with Gasteiger partial charge < -0.3 is 5.11 Å². The molecule has 0 fully saturated rings. The number of pyridine rings is 1. The fourth-order valence-electron chi connectivity index (χ4n) is 2.03. The van der Waals surface area contributed by atoms with Crippen LogP contribution in [0, 0.1) is 11.8 Å². The fraction of sp³-hybridized carbons (Fsp3) is 0.400. The Labute approximate surface area is 102 Å². The van der Waals surface area contributed by atoms with Crippen LogP contribution in [-0.2, 0) is 0 Å². The number of hydrogen-bond acceptors (Lipinski definition) is 2. The number of benzene rings is 1. The predicted octanol–water partition coefficient (Wildman–Crippen LogP) is 3.56. The van der Waals surface area contributed by atoms with Crippen molar-refractivity contribution in [3.8, 4) is 0 Å². The van der Waals surface area contributed by atoms with Gasteiger partial charge in [0.15, 0.2) is 0 Å². The fourth-order valence-corrected chi connectivity index (χ4v) is 2.03. The molecule has 0 aliphatic carbocycles. The Balaban J connectivity index is 2.48. The van der Waals surface area contributed by atoms with Crippen LogP contribution in [-0.4, -0.2) is 10.1 Å². The van der Waals surface area contributed by atoms with Crippen molar-refractivity contribution in [1.29, 1.82) is 0 Å². The summed E-state index contributed by atoms with van der Waals surface area (Å²) < 4.78 is 0. The topological polar surface area (TPSA) is 33.1 Å². The van der Waals surface area contributed by atoms with Crippen LogP contribution in [0.25, 0.3) is 10.9 Å². The molecule has 0 aliphatic heterocycles. The minimum absolute atomic E-state index is 0.237. The predicted molar refractivity (Wildman–Crippen MR) is 70.7 cm³/mol. The van der Waals surface area contributed by atoms with Gasteiger partial charge in [-0.2, -0.15) is 0 Å². The van der Waals surface area contributed by atoms with Gasteiger partial charge in [0.05, 0.1) is 11.6 Å². The van der Waals surface area contributed by atoms with Crippen LogP contribution in [0.2, 0.25) is 0 Å². The molecule has 0 radical (unpaired) electrons. The lowest BCUT2D eigenvalue weighted by atomic mass is 9.87. The Kier molecular flexibility index (Phi) is 3.43. The van der Waals surface area contributed by atoms with E-state index >= 15 is 0 Å². The number of aromatic nitrogens is 1. The maximum Gasteiger partial charge on any atom is 0.0824 e. The van der Waals surface area contributed by atoms with E-state index in [1.807, 2.05) is 30.3 Å². The smallest absolute Gasteiger partial charge is 0.0824 e. The molecule has 1 aromatic heterocycles. The second-order valence-corrected chi connectivity index (χ2v) is 4.97. The van der Waals surface area contributed by atoms with Crippen molar-refractivity contribution in [3.63, 3.8) is 0 Å². The lowest BCUT2D eigenvalue weighted by Gasteiger charge is -2.23. The number of aliphatic hydroxyl groups is 1. The summed E-state index contributed by atoms with van der Waals surface area (Å²) in [6, 6.07) is 9.87. The first-order valence-electron chi connectivity index (χ1n) is 6.13. The van der Waals surface area contributed by atoms with Crippen molar-refractivity contribution < 1.29 is 5.11 Å². The van der Waals surface area contributed by atoms with Crippen LogP contribution in [0.5, 0.6) is 0 Å². The van der Waals surface area contributed by atoms with Gasteiger partial charge in [-0.05, 0) is 29.5 Å². The van der Waals surface area contributed by atoms with Gasteiger partial charge in [0, 0.05) is 11.6 Å². The van der Waals surface area contributed by atoms with E-state index in [2.05, 4.69) is 25.8 Å². The summed E-state index contributed by atoms with van der Waals surface area (Å²) in [5.74, 6) is 0.692. The zero-order chi connectivity index (χ0) is 12.4. The lowest BCUT2D eigenvalue weighted by molar-refractivity contribution is 0.0934. The lowest BCUT2D eigenvalue weighted by Crippen LogP contribution is -2.15. The molecule has 2 heteroatoms. The normalized spacial score (nSPS) is 15.1. The second-order valence-electron chi connectivity index (χ2n) is 4.97. The van der Waals surface area contributed by atoms with Crippen molar-refractivity contribution in [1.82, 2.24) is 4.98 Å². The van der Waals surface area contributed by atoms with E-state index in [1.54, 1.807) is 6.20 Å². The third-order valence-electron chi connectivity index (χ3n) is 3.55. The minimum Gasteiger partial charge on any atom is -0.388 e. The highest BCUT2D eigenvalue weighted by Gasteiger charge is 2.21. The van der Waals surface area contributed by atoms with Gasteiger partial charge in [-0.25, -0.2) is 0 Å². The molecule has 2 nitrogen and oxygen atoms in total. The van der Waals surface area contributed by atoms with Crippen molar-refractivity contribution >= 4 is 10.9 Å². The zero-order valence-electron chi connectivity index (χ0n) is 10.6. The Bertz CT molecular complexity index is 502. The molecule has 0 bridgehead atoms. The Morgan fingerprint density at radius 3 is 2.53 bits per heavy atom. The van der Waals surface area contributed by atoms with Crippen LogP contribution in [0.4, 0.5) is 0 Å². The number of aliphatic hydroxyl groups excluding tert-OH is 1. The van der Waals surface area contributed by atoms with Crippen LogP contribution >= 0.6 is 0 Å². The summed E-state index contributed by atoms with van der Waals surface area (Å²) in [7, 11) is 0.